The number of likely N-dealkylation sites (N-methyl/N-ethyl adjacent to an activating group) is 1. The molecule has 0 rings (SSSR count). The zero-order chi connectivity index (χ0) is 12.8. The Labute approximate surface area is 97.8 Å². The average molecular weight is 232 g/mol. The standard InChI is InChI=1S/C11H24N2O3/c1-11(2,3)12-10(15)7-13(4)6-9(14)8-16-5/h9,14H,6-8H2,1-5H3,(H,12,15). The maximum atomic E-state index is 11.5. The molecule has 0 bridgehead atoms. The Hall–Kier alpha value is -0.650. The van der Waals surface area contributed by atoms with Gasteiger partial charge >= 0.3 is 0 Å². The number of aliphatic hydroxyl groups excluding tert-OH is 1. The monoisotopic (exact) mass is 232 g/mol. The quantitative estimate of drug-likeness (QED) is 0.668. The van der Waals surface area contributed by atoms with Crippen LogP contribution in [0.2, 0.25) is 0 Å². The van der Waals surface area contributed by atoms with Gasteiger partial charge in [0.05, 0.1) is 19.3 Å². The molecule has 0 saturated carbocycles. The van der Waals surface area contributed by atoms with Crippen molar-refractivity contribution in [3.8, 4) is 0 Å². The zero-order valence-electron chi connectivity index (χ0n) is 10.9. The van der Waals surface area contributed by atoms with Crippen LogP contribution in [0, 0.1) is 0 Å². The summed E-state index contributed by atoms with van der Waals surface area (Å²) in [5.41, 5.74) is -0.219. The van der Waals surface area contributed by atoms with Crippen molar-refractivity contribution in [3.05, 3.63) is 0 Å². The van der Waals surface area contributed by atoms with Crippen molar-refractivity contribution >= 4 is 5.91 Å². The van der Waals surface area contributed by atoms with Gasteiger partial charge in [-0.05, 0) is 27.8 Å². The Morgan fingerprint density at radius 2 is 2.06 bits per heavy atom. The predicted molar refractivity (Wildman–Crippen MR) is 63.3 cm³/mol. The first-order valence-electron chi connectivity index (χ1n) is 5.41. The Kier molecular flexibility index (Phi) is 6.55. The van der Waals surface area contributed by atoms with Crippen LogP contribution in [0.15, 0.2) is 0 Å². The highest BCUT2D eigenvalue weighted by molar-refractivity contribution is 5.78. The molecule has 16 heavy (non-hydrogen) atoms. The van der Waals surface area contributed by atoms with Crippen molar-refractivity contribution in [1.82, 2.24) is 10.2 Å². The summed E-state index contributed by atoms with van der Waals surface area (Å²) in [5.74, 6) is -0.0420. The minimum absolute atomic E-state index is 0.0420. The summed E-state index contributed by atoms with van der Waals surface area (Å²) in [6.45, 7) is 6.79. The summed E-state index contributed by atoms with van der Waals surface area (Å²) in [5, 5.41) is 12.3. The predicted octanol–water partition coefficient (Wildman–Crippen LogP) is -0.160. The first kappa shape index (κ1) is 15.3. The molecule has 0 aliphatic rings. The van der Waals surface area contributed by atoms with Crippen LogP contribution in [0.1, 0.15) is 20.8 Å². The van der Waals surface area contributed by atoms with E-state index in [4.69, 9.17) is 4.74 Å². The van der Waals surface area contributed by atoms with E-state index in [0.717, 1.165) is 0 Å². The van der Waals surface area contributed by atoms with Gasteiger partial charge in [0.25, 0.3) is 0 Å². The number of hydrogen-bond donors (Lipinski definition) is 2. The first-order chi connectivity index (χ1) is 7.24. The van der Waals surface area contributed by atoms with E-state index in [9.17, 15) is 9.90 Å². The number of methoxy groups -OCH3 is 1. The lowest BCUT2D eigenvalue weighted by molar-refractivity contribution is -0.123. The van der Waals surface area contributed by atoms with Crippen molar-refractivity contribution in [2.75, 3.05) is 33.9 Å². The Morgan fingerprint density at radius 1 is 1.50 bits per heavy atom. The number of hydrogen-bond acceptors (Lipinski definition) is 4. The summed E-state index contributed by atoms with van der Waals surface area (Å²) in [7, 11) is 3.33. The molecule has 96 valence electrons. The van der Waals surface area contributed by atoms with Gasteiger partial charge in [-0.25, -0.2) is 0 Å². The van der Waals surface area contributed by atoms with E-state index in [1.54, 1.807) is 11.9 Å². The van der Waals surface area contributed by atoms with Gasteiger partial charge < -0.3 is 15.2 Å². The van der Waals surface area contributed by atoms with E-state index in [1.165, 1.54) is 7.11 Å². The topological polar surface area (TPSA) is 61.8 Å². The van der Waals surface area contributed by atoms with E-state index < -0.39 is 6.10 Å². The lowest BCUT2D eigenvalue weighted by atomic mass is 10.1. The fourth-order valence-electron chi connectivity index (χ4n) is 1.37. The minimum atomic E-state index is -0.558. The molecule has 0 aliphatic heterocycles. The van der Waals surface area contributed by atoms with Crippen LogP contribution < -0.4 is 5.32 Å². The molecular weight excluding hydrogens is 208 g/mol. The van der Waals surface area contributed by atoms with Crippen molar-refractivity contribution in [3.63, 3.8) is 0 Å². The highest BCUT2D eigenvalue weighted by atomic mass is 16.5. The second kappa shape index (κ2) is 6.83. The Morgan fingerprint density at radius 3 is 2.50 bits per heavy atom. The van der Waals surface area contributed by atoms with Crippen LogP contribution in [-0.4, -0.2) is 61.4 Å². The number of carbonyl (C=O) groups is 1. The Balaban J connectivity index is 3.87. The molecule has 0 aliphatic carbocycles. The maximum absolute atomic E-state index is 11.5. The summed E-state index contributed by atoms with van der Waals surface area (Å²) >= 11 is 0. The molecular formula is C11H24N2O3. The molecule has 5 heteroatoms. The summed E-state index contributed by atoms with van der Waals surface area (Å²) in [6.07, 6.45) is -0.558. The van der Waals surface area contributed by atoms with Crippen molar-refractivity contribution in [2.24, 2.45) is 0 Å². The van der Waals surface area contributed by atoms with Crippen LogP contribution >= 0.6 is 0 Å². The van der Waals surface area contributed by atoms with Gasteiger partial charge in [-0.2, -0.15) is 0 Å². The highest BCUT2D eigenvalue weighted by Gasteiger charge is 2.16. The lowest BCUT2D eigenvalue weighted by Gasteiger charge is -2.24. The van der Waals surface area contributed by atoms with Crippen LogP contribution in [0.25, 0.3) is 0 Å². The summed E-state index contributed by atoms with van der Waals surface area (Å²) < 4.78 is 4.81. The molecule has 0 radical (unpaired) electrons. The number of aliphatic hydroxyl groups is 1. The van der Waals surface area contributed by atoms with Crippen LogP contribution in [0.5, 0.6) is 0 Å². The van der Waals surface area contributed by atoms with Crippen LogP contribution in [0.3, 0.4) is 0 Å². The van der Waals surface area contributed by atoms with Gasteiger partial charge in [-0.1, -0.05) is 0 Å². The summed E-state index contributed by atoms with van der Waals surface area (Å²) in [4.78, 5) is 13.3. The maximum Gasteiger partial charge on any atom is 0.234 e. The second-order valence-electron chi connectivity index (χ2n) is 5.10. The largest absolute Gasteiger partial charge is 0.389 e. The third-order valence-electron chi connectivity index (χ3n) is 1.81. The number of nitrogens with one attached hydrogen (secondary N) is 1. The number of amides is 1. The number of nitrogens with zero attached hydrogens (tertiary/aromatic N) is 1. The van der Waals surface area contributed by atoms with Gasteiger partial charge in [-0.3, -0.25) is 9.69 Å². The molecule has 1 amide bonds. The van der Waals surface area contributed by atoms with E-state index in [2.05, 4.69) is 5.32 Å². The fraction of sp³-hybridized carbons (Fsp3) is 0.909. The fourth-order valence-corrected chi connectivity index (χ4v) is 1.37. The molecule has 0 aromatic heterocycles. The molecule has 1 atom stereocenters. The molecule has 0 saturated heterocycles. The molecule has 0 heterocycles. The molecule has 0 fully saturated rings. The smallest absolute Gasteiger partial charge is 0.234 e. The number of rotatable bonds is 6. The SMILES string of the molecule is COCC(O)CN(C)CC(=O)NC(C)(C)C. The van der Waals surface area contributed by atoms with Crippen molar-refractivity contribution in [2.45, 2.75) is 32.4 Å². The van der Waals surface area contributed by atoms with E-state index in [1.807, 2.05) is 20.8 Å². The molecule has 2 N–H and O–H groups in total. The molecule has 0 spiro atoms. The van der Waals surface area contributed by atoms with Gasteiger partial charge in [0, 0.05) is 19.2 Å². The van der Waals surface area contributed by atoms with Gasteiger partial charge in [0.2, 0.25) is 5.91 Å². The van der Waals surface area contributed by atoms with E-state index >= 15 is 0 Å². The van der Waals surface area contributed by atoms with E-state index in [-0.39, 0.29) is 24.6 Å². The van der Waals surface area contributed by atoms with Gasteiger partial charge in [0.1, 0.15) is 0 Å². The minimum Gasteiger partial charge on any atom is -0.389 e. The highest BCUT2D eigenvalue weighted by Crippen LogP contribution is 1.98. The van der Waals surface area contributed by atoms with Crippen molar-refractivity contribution in [1.29, 1.82) is 0 Å². The summed E-state index contributed by atoms with van der Waals surface area (Å²) in [6, 6.07) is 0. The first-order valence-corrected chi connectivity index (χ1v) is 5.41. The number of carbonyl (C=O) groups excluding carboxylic acids is 1. The number of ether oxygens (including phenoxy) is 1. The third kappa shape index (κ3) is 8.64. The van der Waals surface area contributed by atoms with Gasteiger partial charge in [0.15, 0.2) is 0 Å². The molecule has 1 unspecified atom stereocenters. The average Bonchev–Trinajstić information content (AvgIpc) is 1.98. The zero-order valence-corrected chi connectivity index (χ0v) is 10.9. The van der Waals surface area contributed by atoms with E-state index in [0.29, 0.717) is 6.54 Å². The lowest BCUT2D eigenvalue weighted by Crippen LogP contribution is -2.46. The molecule has 0 aromatic rings. The Bertz CT molecular complexity index is 214. The normalized spacial score (nSPS) is 13.9. The second-order valence-corrected chi connectivity index (χ2v) is 5.10. The van der Waals surface area contributed by atoms with Crippen LogP contribution in [-0.2, 0) is 9.53 Å². The molecule has 0 aromatic carbocycles. The third-order valence-corrected chi connectivity index (χ3v) is 1.81. The van der Waals surface area contributed by atoms with Gasteiger partial charge in [-0.15, -0.1) is 0 Å². The van der Waals surface area contributed by atoms with Crippen molar-refractivity contribution < 1.29 is 14.6 Å². The van der Waals surface area contributed by atoms with Crippen LogP contribution in [0.4, 0.5) is 0 Å². The molecule has 5 nitrogen and oxygen atoms in total.